The summed E-state index contributed by atoms with van der Waals surface area (Å²) in [5.74, 6) is 0.184. The van der Waals surface area contributed by atoms with E-state index in [9.17, 15) is 9.59 Å². The predicted molar refractivity (Wildman–Crippen MR) is 113 cm³/mol. The highest BCUT2D eigenvalue weighted by atomic mass is 16.7. The minimum atomic E-state index is -0.664. The molecule has 3 rings (SSSR count). The largest absolute Gasteiger partial charge is 0.463 e. The van der Waals surface area contributed by atoms with Gasteiger partial charge in [-0.15, -0.1) is 0 Å². The third-order valence-corrected chi connectivity index (χ3v) is 4.80. The maximum Gasteiger partial charge on any atom is 0.303 e. The first kappa shape index (κ1) is 23.6. The highest BCUT2D eigenvalue weighted by Crippen LogP contribution is 2.21. The molecule has 0 radical (unpaired) electrons. The normalized spacial score (nSPS) is 21.2. The number of aromatic nitrogens is 2. The lowest BCUT2D eigenvalue weighted by molar-refractivity contribution is -0.208. The molecule has 0 saturated carbocycles. The molecule has 0 unspecified atom stereocenters. The molecule has 32 heavy (non-hydrogen) atoms. The Morgan fingerprint density at radius 1 is 1.12 bits per heavy atom. The molecule has 172 valence electrons. The molecule has 0 amide bonds. The molecule has 1 aromatic heterocycles. The first-order valence-corrected chi connectivity index (χ1v) is 10.5. The fourth-order valence-electron chi connectivity index (χ4n) is 3.14. The molecule has 1 aliphatic rings. The van der Waals surface area contributed by atoms with Gasteiger partial charge in [0.1, 0.15) is 18.8 Å². The molecule has 0 saturated heterocycles. The van der Waals surface area contributed by atoms with E-state index in [1.807, 2.05) is 38.1 Å². The van der Waals surface area contributed by atoms with E-state index in [2.05, 4.69) is 10.1 Å². The van der Waals surface area contributed by atoms with Gasteiger partial charge < -0.3 is 23.5 Å². The Labute approximate surface area is 186 Å². The topological polar surface area (TPSA) is 110 Å². The average Bonchev–Trinajstić information content (AvgIpc) is 3.21. The molecule has 2 aromatic rings. The summed E-state index contributed by atoms with van der Waals surface area (Å²) in [4.78, 5) is 26.9. The van der Waals surface area contributed by atoms with Gasteiger partial charge in [-0.3, -0.25) is 9.59 Å². The van der Waals surface area contributed by atoms with E-state index in [1.165, 1.54) is 13.8 Å². The van der Waals surface area contributed by atoms with Gasteiger partial charge in [-0.2, -0.15) is 4.98 Å². The molecule has 0 N–H and O–H groups in total. The van der Waals surface area contributed by atoms with Crippen LogP contribution in [0.15, 0.2) is 40.9 Å². The number of aryl methyl sites for hydroxylation is 2. The fraction of sp³-hybridized carbons (Fsp3) is 0.478. The summed E-state index contributed by atoms with van der Waals surface area (Å²) >= 11 is 0. The zero-order valence-corrected chi connectivity index (χ0v) is 18.6. The highest BCUT2D eigenvalue weighted by Gasteiger charge is 2.31. The monoisotopic (exact) mass is 444 g/mol. The van der Waals surface area contributed by atoms with Crippen LogP contribution < -0.4 is 0 Å². The number of carbonyl (C=O) groups excluding carboxylic acids is 2. The van der Waals surface area contributed by atoms with Crippen molar-refractivity contribution in [1.82, 2.24) is 10.1 Å². The standard InChI is InChI=1S/C23H28N2O7/c1-14-5-8-18(9-6-14)23-24-21(32-25-23)11-7-15(2)29-22-12-10-19(30-17(4)27)20(31-22)13-28-16(3)26/h5-6,8-10,12,15,19-20,22H,7,11,13H2,1-4H3/t15-,19-,20+,22-/m0/s1. The Kier molecular flexibility index (Phi) is 8.13. The van der Waals surface area contributed by atoms with Crippen molar-refractivity contribution in [1.29, 1.82) is 0 Å². The summed E-state index contributed by atoms with van der Waals surface area (Å²) in [6, 6.07) is 7.91. The van der Waals surface area contributed by atoms with Gasteiger partial charge in [0.15, 0.2) is 6.29 Å². The van der Waals surface area contributed by atoms with Gasteiger partial charge in [0.05, 0.1) is 6.10 Å². The Bertz CT molecular complexity index is 938. The Hall–Kier alpha value is -3.04. The van der Waals surface area contributed by atoms with Crippen LogP contribution in [0.5, 0.6) is 0 Å². The molecule has 2 heterocycles. The number of esters is 2. The summed E-state index contributed by atoms with van der Waals surface area (Å²) in [7, 11) is 0. The molecule has 0 aliphatic carbocycles. The van der Waals surface area contributed by atoms with E-state index >= 15 is 0 Å². The first-order valence-electron chi connectivity index (χ1n) is 10.5. The van der Waals surface area contributed by atoms with Crippen LogP contribution in [0.25, 0.3) is 11.4 Å². The summed E-state index contributed by atoms with van der Waals surface area (Å²) < 4.78 is 27.4. The van der Waals surface area contributed by atoms with E-state index in [4.69, 9.17) is 23.5 Å². The SMILES string of the molecule is CC(=O)OC[C@H]1O[C@H](O[C@@H](C)CCc2nc(-c3ccc(C)cc3)no2)C=C[C@@H]1OC(C)=O. The van der Waals surface area contributed by atoms with Crippen LogP contribution in [0.3, 0.4) is 0 Å². The Balaban J connectivity index is 1.51. The first-order chi connectivity index (χ1) is 15.3. The smallest absolute Gasteiger partial charge is 0.303 e. The number of rotatable bonds is 9. The van der Waals surface area contributed by atoms with Crippen molar-refractivity contribution < 1.29 is 33.1 Å². The molecule has 4 atom stereocenters. The molecule has 0 spiro atoms. The summed E-state index contributed by atoms with van der Waals surface area (Å²) in [5, 5.41) is 4.04. The minimum absolute atomic E-state index is 0.0460. The molecule has 1 aromatic carbocycles. The molecule has 9 heteroatoms. The van der Waals surface area contributed by atoms with Crippen LogP contribution in [-0.2, 0) is 35.0 Å². The van der Waals surface area contributed by atoms with Gasteiger partial charge in [-0.25, -0.2) is 0 Å². The van der Waals surface area contributed by atoms with Gasteiger partial charge in [-0.1, -0.05) is 35.0 Å². The second-order valence-corrected chi connectivity index (χ2v) is 7.67. The average molecular weight is 444 g/mol. The van der Waals surface area contributed by atoms with E-state index in [1.54, 1.807) is 12.2 Å². The summed E-state index contributed by atoms with van der Waals surface area (Å²) in [6.07, 6.45) is 2.38. The van der Waals surface area contributed by atoms with Crippen LogP contribution >= 0.6 is 0 Å². The maximum atomic E-state index is 11.3. The Morgan fingerprint density at radius 2 is 1.88 bits per heavy atom. The number of benzene rings is 1. The van der Waals surface area contributed by atoms with Crippen molar-refractivity contribution in [2.24, 2.45) is 0 Å². The van der Waals surface area contributed by atoms with Crippen molar-refractivity contribution in [2.45, 2.75) is 65.1 Å². The lowest BCUT2D eigenvalue weighted by Gasteiger charge is -2.32. The number of hydrogen-bond acceptors (Lipinski definition) is 9. The van der Waals surface area contributed by atoms with Crippen LogP contribution in [-0.4, -0.2) is 53.3 Å². The zero-order valence-electron chi connectivity index (χ0n) is 18.6. The molecule has 0 bridgehead atoms. The predicted octanol–water partition coefficient (Wildman–Crippen LogP) is 3.16. The van der Waals surface area contributed by atoms with Crippen LogP contribution in [0.4, 0.5) is 0 Å². The molecular formula is C23H28N2O7. The van der Waals surface area contributed by atoms with E-state index in [-0.39, 0.29) is 12.7 Å². The van der Waals surface area contributed by atoms with E-state index < -0.39 is 30.4 Å². The molecule has 9 nitrogen and oxygen atoms in total. The second-order valence-electron chi connectivity index (χ2n) is 7.67. The van der Waals surface area contributed by atoms with Gasteiger partial charge in [0.25, 0.3) is 0 Å². The van der Waals surface area contributed by atoms with Crippen molar-refractivity contribution >= 4 is 11.9 Å². The lowest BCUT2D eigenvalue weighted by atomic mass is 10.1. The van der Waals surface area contributed by atoms with Crippen molar-refractivity contribution in [3.63, 3.8) is 0 Å². The molecule has 0 fully saturated rings. The number of nitrogens with zero attached hydrogens (tertiary/aromatic N) is 2. The van der Waals surface area contributed by atoms with Crippen LogP contribution in [0.1, 0.15) is 38.6 Å². The van der Waals surface area contributed by atoms with Crippen molar-refractivity contribution in [2.75, 3.05) is 6.61 Å². The van der Waals surface area contributed by atoms with Gasteiger partial charge in [0.2, 0.25) is 11.7 Å². The van der Waals surface area contributed by atoms with Gasteiger partial charge >= 0.3 is 11.9 Å². The second kappa shape index (κ2) is 11.0. The number of ether oxygens (including phenoxy) is 4. The van der Waals surface area contributed by atoms with Crippen molar-refractivity contribution in [3.8, 4) is 11.4 Å². The fourth-order valence-corrected chi connectivity index (χ4v) is 3.14. The highest BCUT2D eigenvalue weighted by molar-refractivity contribution is 5.67. The van der Waals surface area contributed by atoms with Gasteiger partial charge in [-0.05, 0) is 32.4 Å². The third kappa shape index (κ3) is 7.00. The summed E-state index contributed by atoms with van der Waals surface area (Å²) in [6.45, 7) is 6.50. The zero-order chi connectivity index (χ0) is 23.1. The minimum Gasteiger partial charge on any atom is -0.463 e. The third-order valence-electron chi connectivity index (χ3n) is 4.80. The van der Waals surface area contributed by atoms with Crippen LogP contribution in [0.2, 0.25) is 0 Å². The maximum absolute atomic E-state index is 11.3. The quantitative estimate of drug-likeness (QED) is 0.425. The number of carbonyl (C=O) groups is 2. The van der Waals surface area contributed by atoms with Crippen LogP contribution in [0, 0.1) is 6.92 Å². The molecule has 1 aliphatic heterocycles. The van der Waals surface area contributed by atoms with E-state index in [0.717, 1.165) is 11.1 Å². The molecular weight excluding hydrogens is 416 g/mol. The van der Waals surface area contributed by atoms with Gasteiger partial charge in [0, 0.05) is 25.8 Å². The van der Waals surface area contributed by atoms with Crippen molar-refractivity contribution in [3.05, 3.63) is 47.9 Å². The lowest BCUT2D eigenvalue weighted by Crippen LogP contribution is -2.42. The summed E-state index contributed by atoms with van der Waals surface area (Å²) in [5.41, 5.74) is 2.06. The van der Waals surface area contributed by atoms with E-state index in [0.29, 0.717) is 24.6 Å². The Morgan fingerprint density at radius 3 is 2.56 bits per heavy atom. The number of hydrogen-bond donors (Lipinski definition) is 0.